The zero-order valence-electron chi connectivity index (χ0n) is 16.7. The lowest BCUT2D eigenvalue weighted by atomic mass is 9.97. The molecule has 2 N–H and O–H groups in total. The van der Waals surface area contributed by atoms with E-state index in [0.29, 0.717) is 38.8 Å². The van der Waals surface area contributed by atoms with Crippen LogP contribution in [0.15, 0.2) is 52.8 Å². The van der Waals surface area contributed by atoms with Crippen LogP contribution >= 0.6 is 35.3 Å². The minimum Gasteiger partial charge on any atom is -0.378 e. The van der Waals surface area contributed by atoms with Gasteiger partial charge in [0.25, 0.3) is 0 Å². The monoisotopic (exact) mass is 528 g/mol. The van der Waals surface area contributed by atoms with Crippen molar-refractivity contribution in [1.82, 2.24) is 15.5 Å². The van der Waals surface area contributed by atoms with E-state index in [0.717, 1.165) is 18.5 Å². The second kappa shape index (κ2) is 12.8. The second-order valence-corrected chi connectivity index (χ2v) is 7.64. The Kier molecular flexibility index (Phi) is 10.4. The Bertz CT molecular complexity index is 749. The number of guanidine groups is 1. The van der Waals surface area contributed by atoms with Crippen molar-refractivity contribution in [2.24, 2.45) is 4.99 Å². The maximum absolute atomic E-state index is 13.1. The lowest BCUT2D eigenvalue weighted by Crippen LogP contribution is -2.47. The van der Waals surface area contributed by atoms with E-state index in [2.05, 4.69) is 33.1 Å². The molecule has 0 bridgehead atoms. The fourth-order valence-electron chi connectivity index (χ4n) is 3.22. The minimum absolute atomic E-state index is 0. The third-order valence-corrected chi connectivity index (χ3v) is 5.70. The van der Waals surface area contributed by atoms with Crippen LogP contribution in [0.4, 0.5) is 0 Å². The number of ether oxygens (including phenoxy) is 1. The standard InChI is InChI=1S/C21H28N4O2S.HI/c1-22-21(23-10-9-18-8-5-15-28-18)24-16-19(17-6-3-2-4-7-17)20(26)25-11-13-27-14-12-25;/h2-8,15,19H,9-14,16H2,1H3,(H2,22,23,24);1H. The van der Waals surface area contributed by atoms with Crippen LogP contribution < -0.4 is 10.6 Å². The molecule has 29 heavy (non-hydrogen) atoms. The SMILES string of the molecule is CN=C(NCCc1cccs1)NCC(C(=O)N1CCOCC1)c1ccccc1.I. The van der Waals surface area contributed by atoms with Gasteiger partial charge in [0.1, 0.15) is 0 Å². The van der Waals surface area contributed by atoms with Gasteiger partial charge in [0.05, 0.1) is 19.1 Å². The van der Waals surface area contributed by atoms with Gasteiger partial charge in [0, 0.05) is 38.1 Å². The highest BCUT2D eigenvalue weighted by Gasteiger charge is 2.27. The van der Waals surface area contributed by atoms with Crippen molar-refractivity contribution < 1.29 is 9.53 Å². The number of nitrogens with zero attached hydrogens (tertiary/aromatic N) is 2. The van der Waals surface area contributed by atoms with Crippen LogP contribution in [0.3, 0.4) is 0 Å². The number of nitrogens with one attached hydrogen (secondary N) is 2. The molecule has 2 heterocycles. The van der Waals surface area contributed by atoms with E-state index in [1.807, 2.05) is 35.2 Å². The van der Waals surface area contributed by atoms with Crippen LogP contribution in [0.25, 0.3) is 0 Å². The number of morpholine rings is 1. The molecule has 1 atom stereocenters. The van der Waals surface area contributed by atoms with Gasteiger partial charge in [-0.15, -0.1) is 35.3 Å². The average Bonchev–Trinajstić information content (AvgIpc) is 3.27. The number of benzene rings is 1. The van der Waals surface area contributed by atoms with Crippen LogP contribution in [-0.2, 0) is 16.0 Å². The Labute approximate surface area is 193 Å². The number of aliphatic imine (C=N–C) groups is 1. The predicted molar refractivity (Wildman–Crippen MR) is 129 cm³/mol. The Hall–Kier alpha value is -1.65. The van der Waals surface area contributed by atoms with Crippen molar-refractivity contribution in [3.8, 4) is 0 Å². The summed E-state index contributed by atoms with van der Waals surface area (Å²) in [5, 5.41) is 8.75. The molecule has 1 fully saturated rings. The number of amides is 1. The Morgan fingerprint density at radius 3 is 2.59 bits per heavy atom. The summed E-state index contributed by atoms with van der Waals surface area (Å²) in [6.45, 7) is 3.80. The summed E-state index contributed by atoms with van der Waals surface area (Å²) in [6, 6.07) is 14.1. The van der Waals surface area contributed by atoms with Gasteiger partial charge in [-0.3, -0.25) is 9.79 Å². The van der Waals surface area contributed by atoms with Crippen molar-refractivity contribution in [1.29, 1.82) is 0 Å². The zero-order chi connectivity index (χ0) is 19.6. The average molecular weight is 528 g/mol. The van der Waals surface area contributed by atoms with E-state index in [1.165, 1.54) is 4.88 Å². The predicted octanol–water partition coefficient (Wildman–Crippen LogP) is 2.72. The molecule has 1 aromatic heterocycles. The quantitative estimate of drug-likeness (QED) is 0.330. The third-order valence-electron chi connectivity index (χ3n) is 4.76. The third kappa shape index (κ3) is 7.27. The molecular formula is C21H29IN4O2S. The normalized spacial score (nSPS) is 15.3. The fraction of sp³-hybridized carbons (Fsp3) is 0.429. The summed E-state index contributed by atoms with van der Waals surface area (Å²) in [5.74, 6) is 0.596. The van der Waals surface area contributed by atoms with Gasteiger partial charge in [-0.05, 0) is 23.4 Å². The molecule has 1 amide bonds. The molecule has 1 saturated heterocycles. The molecule has 1 aliphatic heterocycles. The first kappa shape index (κ1) is 23.6. The first-order chi connectivity index (χ1) is 13.8. The Balaban J connectivity index is 0.00000300. The number of rotatable bonds is 7. The largest absolute Gasteiger partial charge is 0.378 e. The number of carbonyl (C=O) groups is 1. The van der Waals surface area contributed by atoms with E-state index in [1.54, 1.807) is 18.4 Å². The van der Waals surface area contributed by atoms with E-state index < -0.39 is 0 Å². The van der Waals surface area contributed by atoms with Gasteiger partial charge in [-0.2, -0.15) is 0 Å². The molecule has 0 saturated carbocycles. The van der Waals surface area contributed by atoms with Crippen LogP contribution in [0, 0.1) is 0 Å². The minimum atomic E-state index is -0.254. The Morgan fingerprint density at radius 2 is 1.93 bits per heavy atom. The maximum atomic E-state index is 13.1. The molecule has 0 spiro atoms. The summed E-state index contributed by atoms with van der Waals surface area (Å²) in [4.78, 5) is 20.7. The molecule has 1 unspecified atom stereocenters. The summed E-state index contributed by atoms with van der Waals surface area (Å²) in [5.41, 5.74) is 1.01. The van der Waals surface area contributed by atoms with Crippen LogP contribution in [0.1, 0.15) is 16.4 Å². The summed E-state index contributed by atoms with van der Waals surface area (Å²) < 4.78 is 5.39. The lowest BCUT2D eigenvalue weighted by molar-refractivity contribution is -0.136. The van der Waals surface area contributed by atoms with Crippen molar-refractivity contribution in [3.05, 3.63) is 58.3 Å². The molecule has 0 radical (unpaired) electrons. The van der Waals surface area contributed by atoms with Crippen LogP contribution in [0.5, 0.6) is 0 Å². The molecule has 3 rings (SSSR count). The summed E-state index contributed by atoms with van der Waals surface area (Å²) in [7, 11) is 1.75. The van der Waals surface area contributed by atoms with E-state index in [9.17, 15) is 4.79 Å². The van der Waals surface area contributed by atoms with Gasteiger partial charge in [-0.1, -0.05) is 36.4 Å². The van der Waals surface area contributed by atoms with Crippen molar-refractivity contribution in [2.75, 3.05) is 46.4 Å². The van der Waals surface area contributed by atoms with Gasteiger partial charge in [0.15, 0.2) is 5.96 Å². The van der Waals surface area contributed by atoms with Gasteiger partial charge in [-0.25, -0.2) is 0 Å². The maximum Gasteiger partial charge on any atom is 0.232 e. The zero-order valence-corrected chi connectivity index (χ0v) is 19.8. The molecule has 8 heteroatoms. The number of hydrogen-bond donors (Lipinski definition) is 2. The van der Waals surface area contributed by atoms with Crippen molar-refractivity contribution >= 4 is 47.2 Å². The number of carbonyl (C=O) groups excluding carboxylic acids is 1. The topological polar surface area (TPSA) is 66.0 Å². The summed E-state index contributed by atoms with van der Waals surface area (Å²) in [6.07, 6.45) is 0.952. The van der Waals surface area contributed by atoms with Gasteiger partial charge in [0.2, 0.25) is 5.91 Å². The van der Waals surface area contributed by atoms with Crippen LogP contribution in [-0.4, -0.2) is 63.2 Å². The van der Waals surface area contributed by atoms with Crippen molar-refractivity contribution in [2.45, 2.75) is 12.3 Å². The van der Waals surface area contributed by atoms with E-state index in [4.69, 9.17) is 4.74 Å². The first-order valence-corrected chi connectivity index (χ1v) is 10.5. The van der Waals surface area contributed by atoms with E-state index >= 15 is 0 Å². The lowest BCUT2D eigenvalue weighted by Gasteiger charge is -2.31. The summed E-state index contributed by atoms with van der Waals surface area (Å²) >= 11 is 1.76. The molecule has 158 valence electrons. The van der Waals surface area contributed by atoms with E-state index in [-0.39, 0.29) is 35.8 Å². The van der Waals surface area contributed by atoms with Gasteiger partial charge >= 0.3 is 0 Å². The Morgan fingerprint density at radius 1 is 1.17 bits per heavy atom. The smallest absolute Gasteiger partial charge is 0.232 e. The highest BCUT2D eigenvalue weighted by molar-refractivity contribution is 14.0. The van der Waals surface area contributed by atoms with Crippen molar-refractivity contribution in [3.63, 3.8) is 0 Å². The second-order valence-electron chi connectivity index (χ2n) is 6.61. The molecule has 1 aliphatic rings. The molecule has 0 aliphatic carbocycles. The highest BCUT2D eigenvalue weighted by atomic mass is 127. The first-order valence-electron chi connectivity index (χ1n) is 9.66. The fourth-order valence-corrected chi connectivity index (χ4v) is 3.92. The molecular weight excluding hydrogens is 499 g/mol. The molecule has 6 nitrogen and oxygen atoms in total. The molecule has 1 aromatic carbocycles. The van der Waals surface area contributed by atoms with Crippen LogP contribution in [0.2, 0.25) is 0 Å². The number of halogens is 1. The number of hydrogen-bond acceptors (Lipinski definition) is 4. The number of thiophene rings is 1. The van der Waals surface area contributed by atoms with Gasteiger partial charge < -0.3 is 20.3 Å². The molecule has 2 aromatic rings. The highest BCUT2D eigenvalue weighted by Crippen LogP contribution is 2.19.